The molecule has 0 aliphatic carbocycles. The monoisotopic (exact) mass is 274 g/mol. The van der Waals surface area contributed by atoms with Crippen molar-refractivity contribution in [3.05, 3.63) is 40.3 Å². The van der Waals surface area contributed by atoms with Gasteiger partial charge < -0.3 is 10.2 Å². The van der Waals surface area contributed by atoms with Gasteiger partial charge in [-0.05, 0) is 25.1 Å². The van der Waals surface area contributed by atoms with Gasteiger partial charge in [-0.2, -0.15) is 0 Å². The summed E-state index contributed by atoms with van der Waals surface area (Å²) in [5, 5.41) is 3.21. The molecule has 1 saturated heterocycles. The number of carbonyl (C=O) groups excluding carboxylic acids is 1. The second-order valence-electron chi connectivity index (χ2n) is 4.53. The second kappa shape index (κ2) is 4.97. The van der Waals surface area contributed by atoms with Gasteiger partial charge in [-0.3, -0.25) is 4.79 Å². The van der Waals surface area contributed by atoms with Crippen LogP contribution in [0.5, 0.6) is 0 Å². The second-order valence-corrected chi connectivity index (χ2v) is 5.82. The molecule has 2 aromatic heterocycles. The largest absolute Gasteiger partial charge is 0.348 e. The summed E-state index contributed by atoms with van der Waals surface area (Å²) in [5.74, 6) is 0.733. The summed E-state index contributed by atoms with van der Waals surface area (Å²) in [5.41, 5.74) is 0. The Morgan fingerprint density at radius 2 is 2.11 bits per heavy atom. The molecule has 0 bridgehead atoms. The highest BCUT2D eigenvalue weighted by Gasteiger charge is 2.32. The summed E-state index contributed by atoms with van der Waals surface area (Å²) in [7, 11) is 0. The average molecular weight is 274 g/mol. The lowest BCUT2D eigenvalue weighted by molar-refractivity contribution is 0.0629. The van der Waals surface area contributed by atoms with E-state index in [1.54, 1.807) is 29.8 Å². The van der Waals surface area contributed by atoms with Crippen LogP contribution in [0.2, 0.25) is 0 Å². The standard InChI is InChI=1S/C13H14N4OS/c1-9-3-4-11(19-9)12(18)17-7-10(8-17)16-13-14-5-2-6-15-13/h2-6,10H,7-8H2,1H3,(H,14,15,16). The lowest BCUT2D eigenvalue weighted by Crippen LogP contribution is -2.57. The molecule has 19 heavy (non-hydrogen) atoms. The van der Waals surface area contributed by atoms with Gasteiger partial charge in [-0.1, -0.05) is 0 Å². The molecule has 0 unspecified atom stereocenters. The molecule has 3 heterocycles. The van der Waals surface area contributed by atoms with E-state index in [-0.39, 0.29) is 11.9 Å². The topological polar surface area (TPSA) is 58.1 Å². The quantitative estimate of drug-likeness (QED) is 0.927. The van der Waals surface area contributed by atoms with Crippen molar-refractivity contribution in [2.45, 2.75) is 13.0 Å². The Morgan fingerprint density at radius 3 is 2.74 bits per heavy atom. The molecule has 1 amide bonds. The van der Waals surface area contributed by atoms with Crippen LogP contribution in [0.4, 0.5) is 5.95 Å². The zero-order valence-corrected chi connectivity index (χ0v) is 11.4. The van der Waals surface area contributed by atoms with E-state index in [0.717, 1.165) is 9.75 Å². The van der Waals surface area contributed by atoms with Gasteiger partial charge in [0.15, 0.2) is 0 Å². The first-order valence-electron chi connectivity index (χ1n) is 6.11. The molecule has 1 aliphatic heterocycles. The van der Waals surface area contributed by atoms with Gasteiger partial charge in [0, 0.05) is 30.4 Å². The molecular formula is C13H14N4OS. The van der Waals surface area contributed by atoms with Crippen molar-refractivity contribution >= 4 is 23.2 Å². The number of amides is 1. The predicted molar refractivity (Wildman–Crippen MR) is 74.4 cm³/mol. The van der Waals surface area contributed by atoms with E-state index in [9.17, 15) is 4.79 Å². The van der Waals surface area contributed by atoms with E-state index < -0.39 is 0 Å². The van der Waals surface area contributed by atoms with Crippen LogP contribution in [-0.4, -0.2) is 39.9 Å². The maximum Gasteiger partial charge on any atom is 0.264 e. The minimum Gasteiger partial charge on any atom is -0.348 e. The fourth-order valence-corrected chi connectivity index (χ4v) is 2.83. The number of thiophene rings is 1. The molecule has 3 rings (SSSR count). The highest BCUT2D eigenvalue weighted by Crippen LogP contribution is 2.21. The number of nitrogens with zero attached hydrogens (tertiary/aromatic N) is 3. The van der Waals surface area contributed by atoms with Crippen molar-refractivity contribution in [1.29, 1.82) is 0 Å². The maximum atomic E-state index is 12.1. The van der Waals surface area contributed by atoms with E-state index >= 15 is 0 Å². The third kappa shape index (κ3) is 2.58. The van der Waals surface area contributed by atoms with E-state index in [1.807, 2.05) is 24.0 Å². The van der Waals surface area contributed by atoms with Crippen molar-refractivity contribution in [2.24, 2.45) is 0 Å². The number of hydrogen-bond acceptors (Lipinski definition) is 5. The number of carbonyl (C=O) groups is 1. The predicted octanol–water partition coefficient (Wildman–Crippen LogP) is 1.78. The van der Waals surface area contributed by atoms with E-state index in [2.05, 4.69) is 15.3 Å². The van der Waals surface area contributed by atoms with Crippen LogP contribution >= 0.6 is 11.3 Å². The first-order valence-corrected chi connectivity index (χ1v) is 6.93. The van der Waals surface area contributed by atoms with E-state index in [4.69, 9.17) is 0 Å². The van der Waals surface area contributed by atoms with Crippen LogP contribution in [0.25, 0.3) is 0 Å². The number of aryl methyl sites for hydroxylation is 1. The highest BCUT2D eigenvalue weighted by atomic mass is 32.1. The smallest absolute Gasteiger partial charge is 0.264 e. The molecule has 0 spiro atoms. The Morgan fingerprint density at radius 1 is 1.37 bits per heavy atom. The molecule has 5 nitrogen and oxygen atoms in total. The molecule has 0 atom stereocenters. The first-order chi connectivity index (χ1) is 9.22. The van der Waals surface area contributed by atoms with Gasteiger partial charge in [-0.25, -0.2) is 9.97 Å². The van der Waals surface area contributed by atoms with Crippen LogP contribution in [0.3, 0.4) is 0 Å². The van der Waals surface area contributed by atoms with Gasteiger partial charge in [0.2, 0.25) is 5.95 Å². The van der Waals surface area contributed by atoms with Crippen molar-refractivity contribution in [3.8, 4) is 0 Å². The van der Waals surface area contributed by atoms with E-state index in [0.29, 0.717) is 19.0 Å². The van der Waals surface area contributed by atoms with Gasteiger partial charge in [0.05, 0.1) is 10.9 Å². The van der Waals surface area contributed by atoms with Crippen LogP contribution in [0.1, 0.15) is 14.5 Å². The van der Waals surface area contributed by atoms with Crippen molar-refractivity contribution in [2.75, 3.05) is 18.4 Å². The lowest BCUT2D eigenvalue weighted by Gasteiger charge is -2.39. The Labute approximate surface area is 115 Å². The maximum absolute atomic E-state index is 12.1. The minimum absolute atomic E-state index is 0.116. The van der Waals surface area contributed by atoms with Gasteiger partial charge in [-0.15, -0.1) is 11.3 Å². The summed E-state index contributed by atoms with van der Waals surface area (Å²) < 4.78 is 0. The molecule has 98 valence electrons. The first kappa shape index (κ1) is 12.1. The molecule has 0 saturated carbocycles. The summed E-state index contributed by atoms with van der Waals surface area (Å²) in [6.45, 7) is 3.41. The van der Waals surface area contributed by atoms with Gasteiger partial charge in [0.1, 0.15) is 0 Å². The molecule has 1 fully saturated rings. The number of nitrogens with one attached hydrogen (secondary N) is 1. The normalized spacial score (nSPS) is 15.1. The number of aromatic nitrogens is 2. The third-order valence-corrected chi connectivity index (χ3v) is 4.01. The minimum atomic E-state index is 0.116. The van der Waals surface area contributed by atoms with Crippen LogP contribution in [0, 0.1) is 6.92 Å². The number of rotatable bonds is 3. The van der Waals surface area contributed by atoms with Crippen LogP contribution < -0.4 is 5.32 Å². The summed E-state index contributed by atoms with van der Waals surface area (Å²) in [6, 6.07) is 5.89. The summed E-state index contributed by atoms with van der Waals surface area (Å²) >= 11 is 1.54. The Kier molecular flexibility index (Phi) is 3.16. The van der Waals surface area contributed by atoms with Crippen molar-refractivity contribution in [3.63, 3.8) is 0 Å². The Hall–Kier alpha value is -1.95. The molecule has 0 aromatic carbocycles. The summed E-state index contributed by atoms with van der Waals surface area (Å²) in [6.07, 6.45) is 3.40. The summed E-state index contributed by atoms with van der Waals surface area (Å²) in [4.78, 5) is 24.1. The van der Waals surface area contributed by atoms with Crippen molar-refractivity contribution in [1.82, 2.24) is 14.9 Å². The highest BCUT2D eigenvalue weighted by molar-refractivity contribution is 7.13. The third-order valence-electron chi connectivity index (χ3n) is 3.02. The van der Waals surface area contributed by atoms with Crippen LogP contribution in [-0.2, 0) is 0 Å². The lowest BCUT2D eigenvalue weighted by atomic mass is 10.1. The Balaban J connectivity index is 1.54. The Bertz CT molecular complexity index is 577. The molecule has 6 heteroatoms. The zero-order chi connectivity index (χ0) is 13.2. The zero-order valence-electron chi connectivity index (χ0n) is 10.5. The fraction of sp³-hybridized carbons (Fsp3) is 0.308. The van der Waals surface area contributed by atoms with E-state index in [1.165, 1.54) is 0 Å². The molecule has 2 aromatic rings. The molecule has 0 radical (unpaired) electrons. The number of hydrogen-bond donors (Lipinski definition) is 1. The molecule has 1 aliphatic rings. The van der Waals surface area contributed by atoms with Gasteiger partial charge >= 0.3 is 0 Å². The number of anilines is 1. The molecular weight excluding hydrogens is 260 g/mol. The van der Waals surface area contributed by atoms with Crippen LogP contribution in [0.15, 0.2) is 30.6 Å². The fourth-order valence-electron chi connectivity index (χ4n) is 2.00. The SMILES string of the molecule is Cc1ccc(C(=O)N2CC(Nc3ncccn3)C2)s1. The van der Waals surface area contributed by atoms with Crippen molar-refractivity contribution < 1.29 is 4.79 Å². The molecule has 1 N–H and O–H groups in total. The van der Waals surface area contributed by atoms with Gasteiger partial charge in [0.25, 0.3) is 5.91 Å². The number of likely N-dealkylation sites (tertiary alicyclic amines) is 1. The average Bonchev–Trinajstić information content (AvgIpc) is 2.80.